The molecule has 2 aromatic rings. The molecular formula is C20H22O2. The maximum Gasteiger partial charge on any atom is 0.196 e. The van der Waals surface area contributed by atoms with Gasteiger partial charge in [-0.3, -0.25) is 4.79 Å². The summed E-state index contributed by atoms with van der Waals surface area (Å²) in [6, 6.07) is 19.3. The standard InChI is InChI=1S/C20H22O2/c21-19(16-10-4-1-5-11-16)20(17-12-6-2-7-13-17)22-18-14-8-3-9-15-18/h1-2,4-7,10-13,18,20H,3,8-9,14-15H2. The summed E-state index contributed by atoms with van der Waals surface area (Å²) in [5.41, 5.74) is 1.66. The molecule has 0 aliphatic heterocycles. The number of ether oxygens (including phenoxy) is 1. The molecule has 2 aromatic carbocycles. The van der Waals surface area contributed by atoms with Gasteiger partial charge in [0.15, 0.2) is 5.78 Å². The third-order valence-electron chi connectivity index (χ3n) is 4.28. The molecule has 0 heterocycles. The number of hydrogen-bond acceptors (Lipinski definition) is 2. The number of carbonyl (C=O) groups is 1. The molecule has 1 aliphatic rings. The first kappa shape index (κ1) is 15.0. The summed E-state index contributed by atoms with van der Waals surface area (Å²) in [6.45, 7) is 0. The maximum absolute atomic E-state index is 12.9. The Morgan fingerprint density at radius 3 is 2.09 bits per heavy atom. The molecule has 0 aromatic heterocycles. The van der Waals surface area contributed by atoms with Gasteiger partial charge in [-0.15, -0.1) is 0 Å². The van der Waals surface area contributed by atoms with Crippen LogP contribution >= 0.6 is 0 Å². The molecule has 1 unspecified atom stereocenters. The summed E-state index contributed by atoms with van der Waals surface area (Å²) in [5.74, 6) is 0.0531. The first-order chi connectivity index (χ1) is 10.8. The van der Waals surface area contributed by atoms with Crippen molar-refractivity contribution in [2.75, 3.05) is 0 Å². The summed E-state index contributed by atoms with van der Waals surface area (Å²) in [5, 5.41) is 0. The van der Waals surface area contributed by atoms with Gasteiger partial charge in [0.1, 0.15) is 6.10 Å². The van der Waals surface area contributed by atoms with Crippen LogP contribution in [0.15, 0.2) is 60.7 Å². The number of Topliss-reactive ketones (excluding diaryl/α,β-unsaturated/α-hetero) is 1. The van der Waals surface area contributed by atoms with Crippen LogP contribution in [-0.2, 0) is 4.74 Å². The highest BCUT2D eigenvalue weighted by Crippen LogP contribution is 2.29. The van der Waals surface area contributed by atoms with Crippen molar-refractivity contribution < 1.29 is 9.53 Å². The Bertz CT molecular complexity index is 586. The predicted molar refractivity (Wildman–Crippen MR) is 87.9 cm³/mol. The number of rotatable bonds is 5. The molecule has 1 fully saturated rings. The lowest BCUT2D eigenvalue weighted by atomic mass is 9.95. The van der Waals surface area contributed by atoms with Crippen molar-refractivity contribution in [3.05, 3.63) is 71.8 Å². The second-order valence-electron chi connectivity index (χ2n) is 5.92. The van der Waals surface area contributed by atoms with E-state index in [0.717, 1.165) is 18.4 Å². The Labute approximate surface area is 132 Å². The molecule has 1 atom stereocenters. The number of carbonyl (C=O) groups excluding carboxylic acids is 1. The average Bonchev–Trinajstić information content (AvgIpc) is 2.61. The molecule has 3 rings (SSSR count). The molecule has 1 saturated carbocycles. The summed E-state index contributed by atoms with van der Waals surface area (Å²) in [7, 11) is 0. The van der Waals surface area contributed by atoms with Gasteiger partial charge in [0.05, 0.1) is 6.10 Å². The SMILES string of the molecule is O=C(c1ccccc1)C(OC1CCCCC1)c1ccccc1. The van der Waals surface area contributed by atoms with Crippen LogP contribution in [0.5, 0.6) is 0 Å². The number of ketones is 1. The van der Waals surface area contributed by atoms with Crippen molar-refractivity contribution >= 4 is 5.78 Å². The quantitative estimate of drug-likeness (QED) is 0.728. The van der Waals surface area contributed by atoms with Crippen molar-refractivity contribution in [3.63, 3.8) is 0 Å². The summed E-state index contributed by atoms with van der Waals surface area (Å²) in [6.07, 6.45) is 5.51. The van der Waals surface area contributed by atoms with Crippen molar-refractivity contribution in [1.29, 1.82) is 0 Å². The highest BCUT2D eigenvalue weighted by atomic mass is 16.5. The van der Waals surface area contributed by atoms with E-state index in [-0.39, 0.29) is 11.9 Å². The highest BCUT2D eigenvalue weighted by Gasteiger charge is 2.27. The van der Waals surface area contributed by atoms with E-state index in [1.165, 1.54) is 19.3 Å². The van der Waals surface area contributed by atoms with E-state index in [0.29, 0.717) is 5.56 Å². The van der Waals surface area contributed by atoms with Crippen molar-refractivity contribution in [2.45, 2.75) is 44.3 Å². The zero-order valence-electron chi connectivity index (χ0n) is 12.8. The van der Waals surface area contributed by atoms with Gasteiger partial charge >= 0.3 is 0 Å². The molecule has 2 nitrogen and oxygen atoms in total. The first-order valence-corrected chi connectivity index (χ1v) is 8.14. The van der Waals surface area contributed by atoms with Crippen molar-refractivity contribution in [3.8, 4) is 0 Å². The van der Waals surface area contributed by atoms with Crippen molar-refractivity contribution in [1.82, 2.24) is 0 Å². The molecule has 0 N–H and O–H groups in total. The molecule has 0 radical (unpaired) electrons. The number of benzene rings is 2. The van der Waals surface area contributed by atoms with Crippen molar-refractivity contribution in [2.24, 2.45) is 0 Å². The zero-order valence-corrected chi connectivity index (χ0v) is 12.8. The van der Waals surface area contributed by atoms with E-state index in [9.17, 15) is 4.79 Å². The van der Waals surface area contributed by atoms with Crippen LogP contribution in [0.1, 0.15) is 54.1 Å². The lowest BCUT2D eigenvalue weighted by Gasteiger charge is -2.27. The molecule has 0 saturated heterocycles. The topological polar surface area (TPSA) is 26.3 Å². The molecule has 22 heavy (non-hydrogen) atoms. The van der Waals surface area contributed by atoms with E-state index in [1.807, 2.05) is 60.7 Å². The Hall–Kier alpha value is -1.93. The molecule has 1 aliphatic carbocycles. The molecule has 0 bridgehead atoms. The highest BCUT2D eigenvalue weighted by molar-refractivity contribution is 6.00. The summed E-state index contributed by atoms with van der Waals surface area (Å²) < 4.78 is 6.24. The maximum atomic E-state index is 12.9. The van der Waals surface area contributed by atoms with Crippen LogP contribution in [0, 0.1) is 0 Å². The monoisotopic (exact) mass is 294 g/mol. The third-order valence-corrected chi connectivity index (χ3v) is 4.28. The van der Waals surface area contributed by atoms with Gasteiger partial charge in [0, 0.05) is 5.56 Å². The predicted octanol–water partition coefficient (Wildman–Crippen LogP) is 4.96. The van der Waals surface area contributed by atoms with Gasteiger partial charge in [-0.2, -0.15) is 0 Å². The van der Waals surface area contributed by atoms with E-state index >= 15 is 0 Å². The zero-order chi connectivity index (χ0) is 15.2. The van der Waals surface area contributed by atoms with Gasteiger partial charge in [-0.1, -0.05) is 79.9 Å². The largest absolute Gasteiger partial charge is 0.362 e. The van der Waals surface area contributed by atoms with Gasteiger partial charge in [-0.05, 0) is 18.4 Å². The summed E-state index contributed by atoms with van der Waals surface area (Å²) in [4.78, 5) is 12.9. The minimum Gasteiger partial charge on any atom is -0.362 e. The van der Waals surface area contributed by atoms with Crippen LogP contribution in [0.25, 0.3) is 0 Å². The molecule has 114 valence electrons. The summed E-state index contributed by atoms with van der Waals surface area (Å²) >= 11 is 0. The smallest absolute Gasteiger partial charge is 0.196 e. The van der Waals surface area contributed by atoms with Crippen LogP contribution in [-0.4, -0.2) is 11.9 Å². The Kier molecular flexibility index (Phi) is 5.02. The molecule has 2 heteroatoms. The second kappa shape index (κ2) is 7.37. The molecule has 0 amide bonds. The van der Waals surface area contributed by atoms with E-state index < -0.39 is 6.10 Å². The Morgan fingerprint density at radius 1 is 0.864 bits per heavy atom. The van der Waals surface area contributed by atoms with Crippen LogP contribution in [0.2, 0.25) is 0 Å². The Balaban J connectivity index is 1.84. The van der Waals surface area contributed by atoms with Crippen LogP contribution in [0.4, 0.5) is 0 Å². The average molecular weight is 294 g/mol. The fourth-order valence-corrected chi connectivity index (χ4v) is 3.07. The van der Waals surface area contributed by atoms with E-state index in [1.54, 1.807) is 0 Å². The second-order valence-corrected chi connectivity index (χ2v) is 5.92. The van der Waals surface area contributed by atoms with E-state index in [4.69, 9.17) is 4.74 Å². The van der Waals surface area contributed by atoms with Gasteiger partial charge < -0.3 is 4.74 Å². The third kappa shape index (κ3) is 3.63. The molecule has 0 spiro atoms. The fraction of sp³-hybridized carbons (Fsp3) is 0.350. The Morgan fingerprint density at radius 2 is 1.45 bits per heavy atom. The first-order valence-electron chi connectivity index (χ1n) is 8.14. The van der Waals surface area contributed by atoms with Crippen LogP contribution in [0.3, 0.4) is 0 Å². The van der Waals surface area contributed by atoms with E-state index in [2.05, 4.69) is 0 Å². The molecular weight excluding hydrogens is 272 g/mol. The van der Waals surface area contributed by atoms with Gasteiger partial charge in [0.2, 0.25) is 0 Å². The minimum absolute atomic E-state index is 0.0531. The van der Waals surface area contributed by atoms with Gasteiger partial charge in [0.25, 0.3) is 0 Å². The lowest BCUT2D eigenvalue weighted by Crippen LogP contribution is -2.25. The fourth-order valence-electron chi connectivity index (χ4n) is 3.07. The van der Waals surface area contributed by atoms with Gasteiger partial charge in [-0.25, -0.2) is 0 Å². The normalized spacial score (nSPS) is 17.1. The van der Waals surface area contributed by atoms with Crippen LogP contribution < -0.4 is 0 Å². The minimum atomic E-state index is -0.494. The lowest BCUT2D eigenvalue weighted by molar-refractivity contribution is -0.0200. The number of hydrogen-bond donors (Lipinski definition) is 0.